The molecule has 2 rings (SSSR count). The Morgan fingerprint density at radius 3 is 3.00 bits per heavy atom. The maximum absolute atomic E-state index is 11.7. The lowest BCUT2D eigenvalue weighted by molar-refractivity contribution is 0.0981. The van der Waals surface area contributed by atoms with E-state index in [1.165, 1.54) is 0 Å². The minimum atomic E-state index is 0.197. The summed E-state index contributed by atoms with van der Waals surface area (Å²) >= 11 is 0. The third-order valence-electron chi connectivity index (χ3n) is 2.57. The van der Waals surface area contributed by atoms with E-state index in [-0.39, 0.29) is 5.78 Å². The smallest absolute Gasteiger partial charge is 0.164 e. The average Bonchev–Trinajstić information content (AvgIpc) is 2.89. The Morgan fingerprint density at radius 2 is 2.35 bits per heavy atom. The van der Waals surface area contributed by atoms with Gasteiger partial charge in [-0.15, -0.1) is 0 Å². The van der Waals surface area contributed by atoms with Crippen molar-refractivity contribution in [2.75, 3.05) is 0 Å². The number of carbonyl (C=O) groups is 1. The predicted molar refractivity (Wildman–Crippen MR) is 64.0 cm³/mol. The zero-order chi connectivity index (χ0) is 12.3. The normalized spacial score (nSPS) is 10.7. The minimum Gasteiger partial charge on any atom is -0.361 e. The molecular weight excluding hydrogens is 216 g/mol. The Kier molecular flexibility index (Phi) is 3.42. The van der Waals surface area contributed by atoms with Gasteiger partial charge in [-0.05, 0) is 19.4 Å². The summed E-state index contributed by atoms with van der Waals surface area (Å²) < 4.78 is 6.94. The predicted octanol–water partition coefficient (Wildman–Crippen LogP) is 2.82. The van der Waals surface area contributed by atoms with Gasteiger partial charge in [0, 0.05) is 30.4 Å². The standard InChI is InChI=1S/C13H16N2O2/c1-3-4-13(16)11-5-6-15(8-11)9-12-7-10(2)17-14-12/h5-8H,3-4,9H2,1-2H3. The van der Waals surface area contributed by atoms with Gasteiger partial charge in [0.05, 0.1) is 6.54 Å². The first kappa shape index (κ1) is 11.6. The van der Waals surface area contributed by atoms with Crippen molar-refractivity contribution in [3.63, 3.8) is 0 Å². The van der Waals surface area contributed by atoms with E-state index in [0.29, 0.717) is 13.0 Å². The van der Waals surface area contributed by atoms with Gasteiger partial charge < -0.3 is 9.09 Å². The topological polar surface area (TPSA) is 48.0 Å². The van der Waals surface area contributed by atoms with Gasteiger partial charge in [0.1, 0.15) is 11.5 Å². The van der Waals surface area contributed by atoms with Crippen LogP contribution in [0.2, 0.25) is 0 Å². The molecule has 2 aromatic rings. The van der Waals surface area contributed by atoms with Crippen molar-refractivity contribution in [2.45, 2.75) is 33.2 Å². The molecule has 0 atom stereocenters. The van der Waals surface area contributed by atoms with Crippen LogP contribution >= 0.6 is 0 Å². The molecule has 4 heteroatoms. The van der Waals surface area contributed by atoms with E-state index < -0.39 is 0 Å². The summed E-state index contributed by atoms with van der Waals surface area (Å²) in [6.07, 6.45) is 5.24. The van der Waals surface area contributed by atoms with Crippen LogP contribution in [-0.2, 0) is 6.54 Å². The highest BCUT2D eigenvalue weighted by atomic mass is 16.5. The summed E-state index contributed by atoms with van der Waals surface area (Å²) in [4.78, 5) is 11.7. The number of carbonyl (C=O) groups excluding carboxylic acids is 1. The van der Waals surface area contributed by atoms with Gasteiger partial charge in [0.15, 0.2) is 5.78 Å². The molecule has 4 nitrogen and oxygen atoms in total. The molecular formula is C13H16N2O2. The molecule has 90 valence electrons. The quantitative estimate of drug-likeness (QED) is 0.745. The molecule has 17 heavy (non-hydrogen) atoms. The second kappa shape index (κ2) is 4.99. The van der Waals surface area contributed by atoms with Crippen molar-refractivity contribution in [3.05, 3.63) is 41.5 Å². The van der Waals surface area contributed by atoms with E-state index in [2.05, 4.69) is 5.16 Å². The molecule has 0 N–H and O–H groups in total. The van der Waals surface area contributed by atoms with Crippen LogP contribution in [0.15, 0.2) is 29.0 Å². The van der Waals surface area contributed by atoms with E-state index in [0.717, 1.165) is 23.4 Å². The van der Waals surface area contributed by atoms with Crippen LogP contribution in [0.1, 0.15) is 41.6 Å². The van der Waals surface area contributed by atoms with Gasteiger partial charge in [-0.25, -0.2) is 0 Å². The highest BCUT2D eigenvalue weighted by Gasteiger charge is 2.07. The van der Waals surface area contributed by atoms with Gasteiger partial charge in [-0.3, -0.25) is 4.79 Å². The van der Waals surface area contributed by atoms with E-state index in [1.807, 2.05) is 42.9 Å². The highest BCUT2D eigenvalue weighted by molar-refractivity contribution is 5.95. The third-order valence-corrected chi connectivity index (χ3v) is 2.57. The van der Waals surface area contributed by atoms with Gasteiger partial charge in [-0.2, -0.15) is 0 Å². The Labute approximate surface area is 100 Å². The van der Waals surface area contributed by atoms with E-state index in [9.17, 15) is 4.79 Å². The summed E-state index contributed by atoms with van der Waals surface area (Å²) in [7, 11) is 0. The summed E-state index contributed by atoms with van der Waals surface area (Å²) in [5.74, 6) is 0.997. The molecule has 0 fully saturated rings. The van der Waals surface area contributed by atoms with Crippen LogP contribution in [0.25, 0.3) is 0 Å². The lowest BCUT2D eigenvalue weighted by Crippen LogP contribution is -1.99. The van der Waals surface area contributed by atoms with Crippen LogP contribution < -0.4 is 0 Å². The Morgan fingerprint density at radius 1 is 1.53 bits per heavy atom. The Balaban J connectivity index is 2.06. The summed E-state index contributed by atoms with van der Waals surface area (Å²) in [6, 6.07) is 3.75. The van der Waals surface area contributed by atoms with Crippen LogP contribution in [0.3, 0.4) is 0 Å². The molecule has 0 saturated carbocycles. The number of hydrogen-bond donors (Lipinski definition) is 0. The van der Waals surface area contributed by atoms with Crippen molar-refractivity contribution < 1.29 is 9.32 Å². The van der Waals surface area contributed by atoms with Crippen LogP contribution in [0, 0.1) is 6.92 Å². The highest BCUT2D eigenvalue weighted by Crippen LogP contribution is 2.09. The second-order valence-corrected chi connectivity index (χ2v) is 4.17. The van der Waals surface area contributed by atoms with Crippen molar-refractivity contribution >= 4 is 5.78 Å². The number of nitrogens with zero attached hydrogens (tertiary/aromatic N) is 2. The maximum atomic E-state index is 11.7. The molecule has 0 amide bonds. The third kappa shape index (κ3) is 2.84. The van der Waals surface area contributed by atoms with Crippen molar-refractivity contribution in [1.82, 2.24) is 9.72 Å². The zero-order valence-corrected chi connectivity index (χ0v) is 10.1. The van der Waals surface area contributed by atoms with Gasteiger partial charge in [0.2, 0.25) is 0 Å². The number of hydrogen-bond acceptors (Lipinski definition) is 3. The van der Waals surface area contributed by atoms with Crippen LogP contribution in [-0.4, -0.2) is 15.5 Å². The summed E-state index contributed by atoms with van der Waals surface area (Å²) in [5, 5.41) is 3.92. The minimum absolute atomic E-state index is 0.197. The summed E-state index contributed by atoms with van der Waals surface area (Å²) in [5.41, 5.74) is 1.64. The summed E-state index contributed by atoms with van der Waals surface area (Å²) in [6.45, 7) is 4.51. The van der Waals surface area contributed by atoms with Crippen molar-refractivity contribution in [2.24, 2.45) is 0 Å². The number of aromatic nitrogens is 2. The first-order valence-electron chi connectivity index (χ1n) is 5.80. The number of ketones is 1. The molecule has 0 aliphatic heterocycles. The van der Waals surface area contributed by atoms with Crippen LogP contribution in [0.4, 0.5) is 0 Å². The van der Waals surface area contributed by atoms with E-state index >= 15 is 0 Å². The first-order valence-corrected chi connectivity index (χ1v) is 5.80. The van der Waals surface area contributed by atoms with Gasteiger partial charge in [0.25, 0.3) is 0 Å². The number of rotatable bonds is 5. The number of Topliss-reactive ketones (excluding diaryl/α,β-unsaturated/α-hetero) is 1. The van der Waals surface area contributed by atoms with Crippen molar-refractivity contribution in [3.8, 4) is 0 Å². The molecule has 0 bridgehead atoms. The van der Waals surface area contributed by atoms with Crippen LogP contribution in [0.5, 0.6) is 0 Å². The molecule has 2 aromatic heterocycles. The lowest BCUT2D eigenvalue weighted by Gasteiger charge is -1.97. The fourth-order valence-electron chi connectivity index (χ4n) is 1.75. The van der Waals surface area contributed by atoms with Gasteiger partial charge >= 0.3 is 0 Å². The molecule has 0 unspecified atom stereocenters. The number of aryl methyl sites for hydroxylation is 1. The molecule has 0 aliphatic rings. The average molecular weight is 232 g/mol. The largest absolute Gasteiger partial charge is 0.361 e. The monoisotopic (exact) mass is 232 g/mol. The second-order valence-electron chi connectivity index (χ2n) is 4.17. The fraction of sp³-hybridized carbons (Fsp3) is 0.385. The molecule has 0 radical (unpaired) electrons. The molecule has 0 spiro atoms. The molecule has 2 heterocycles. The Hall–Kier alpha value is -1.84. The first-order chi connectivity index (χ1) is 8.19. The van der Waals surface area contributed by atoms with Crippen molar-refractivity contribution in [1.29, 1.82) is 0 Å². The Bertz CT molecular complexity index is 511. The van der Waals surface area contributed by atoms with E-state index in [4.69, 9.17) is 4.52 Å². The van der Waals surface area contributed by atoms with Gasteiger partial charge in [-0.1, -0.05) is 12.1 Å². The molecule has 0 saturated heterocycles. The fourth-order valence-corrected chi connectivity index (χ4v) is 1.75. The lowest BCUT2D eigenvalue weighted by atomic mass is 10.1. The maximum Gasteiger partial charge on any atom is 0.164 e. The molecule has 0 aromatic carbocycles. The SMILES string of the molecule is CCCC(=O)c1ccn(Cc2cc(C)on2)c1. The molecule has 0 aliphatic carbocycles. The zero-order valence-electron chi connectivity index (χ0n) is 10.1. The van der Waals surface area contributed by atoms with E-state index in [1.54, 1.807) is 0 Å².